The van der Waals surface area contributed by atoms with Gasteiger partial charge in [0.25, 0.3) is 0 Å². The fourth-order valence-electron chi connectivity index (χ4n) is 3.06. The number of carboxylic acids is 2. The van der Waals surface area contributed by atoms with Crippen molar-refractivity contribution in [2.75, 3.05) is 13.1 Å². The number of hydrogen-bond acceptors (Lipinski definition) is 4. The normalized spacial score (nSPS) is 22.8. The van der Waals surface area contributed by atoms with Gasteiger partial charge in [0, 0.05) is 13.0 Å². The Kier molecular flexibility index (Phi) is 9.37. The Morgan fingerprint density at radius 1 is 1.04 bits per heavy atom. The molecule has 2 rings (SSSR count). The van der Waals surface area contributed by atoms with Crippen LogP contribution in [0, 0.1) is 0 Å². The SMILES string of the molecule is CCCCCCC(=O)N1CCC[C@H]1C(=O)O.O=C(O)[C@@H]1CCCN1. The van der Waals surface area contributed by atoms with E-state index in [9.17, 15) is 14.4 Å². The van der Waals surface area contributed by atoms with Crippen LogP contribution >= 0.6 is 0 Å². The average molecular weight is 342 g/mol. The van der Waals surface area contributed by atoms with Gasteiger partial charge in [0.15, 0.2) is 0 Å². The van der Waals surface area contributed by atoms with Gasteiger partial charge in [-0.25, -0.2) is 4.79 Å². The highest BCUT2D eigenvalue weighted by Crippen LogP contribution is 2.19. The van der Waals surface area contributed by atoms with Crippen LogP contribution in [0.3, 0.4) is 0 Å². The number of rotatable bonds is 7. The summed E-state index contributed by atoms with van der Waals surface area (Å²) in [5.74, 6) is -1.57. The maximum atomic E-state index is 11.8. The number of likely N-dealkylation sites (tertiary alicyclic amines) is 1. The molecule has 0 aliphatic carbocycles. The van der Waals surface area contributed by atoms with E-state index in [1.54, 1.807) is 0 Å². The molecule has 3 N–H and O–H groups in total. The maximum absolute atomic E-state index is 11.8. The Balaban J connectivity index is 0.000000300. The molecule has 0 radical (unpaired) electrons. The first-order valence-electron chi connectivity index (χ1n) is 8.95. The second-order valence-electron chi connectivity index (χ2n) is 6.38. The molecule has 2 fully saturated rings. The van der Waals surface area contributed by atoms with Crippen molar-refractivity contribution < 1.29 is 24.6 Å². The molecule has 2 atom stereocenters. The lowest BCUT2D eigenvalue weighted by atomic mass is 10.1. The molecule has 0 saturated carbocycles. The minimum atomic E-state index is -0.862. The van der Waals surface area contributed by atoms with Gasteiger partial charge in [0.2, 0.25) is 5.91 Å². The topological polar surface area (TPSA) is 107 Å². The van der Waals surface area contributed by atoms with Crippen molar-refractivity contribution in [1.29, 1.82) is 0 Å². The summed E-state index contributed by atoms with van der Waals surface area (Å²) < 4.78 is 0. The average Bonchev–Trinajstić information content (AvgIpc) is 3.22. The molecule has 0 unspecified atom stereocenters. The highest BCUT2D eigenvalue weighted by atomic mass is 16.4. The molecular weight excluding hydrogens is 312 g/mol. The van der Waals surface area contributed by atoms with Gasteiger partial charge in [-0.15, -0.1) is 0 Å². The number of amides is 1. The van der Waals surface area contributed by atoms with Crippen molar-refractivity contribution in [2.45, 2.75) is 76.8 Å². The summed E-state index contributed by atoms with van der Waals surface area (Å²) in [5, 5.41) is 20.2. The van der Waals surface area contributed by atoms with Crippen molar-refractivity contribution in [3.05, 3.63) is 0 Å². The van der Waals surface area contributed by atoms with Gasteiger partial charge in [0.1, 0.15) is 12.1 Å². The molecule has 0 aromatic heterocycles. The largest absolute Gasteiger partial charge is 0.480 e. The van der Waals surface area contributed by atoms with Crippen molar-refractivity contribution in [1.82, 2.24) is 10.2 Å². The molecule has 7 heteroatoms. The van der Waals surface area contributed by atoms with Crippen molar-refractivity contribution in [3.8, 4) is 0 Å². The monoisotopic (exact) mass is 342 g/mol. The lowest BCUT2D eigenvalue weighted by Gasteiger charge is -2.21. The molecule has 7 nitrogen and oxygen atoms in total. The van der Waals surface area contributed by atoms with E-state index in [1.807, 2.05) is 0 Å². The zero-order valence-electron chi connectivity index (χ0n) is 14.5. The molecule has 2 aliphatic rings. The fourth-order valence-corrected chi connectivity index (χ4v) is 3.06. The number of carboxylic acid groups (broad SMARTS) is 2. The van der Waals surface area contributed by atoms with Crippen LogP contribution in [0.1, 0.15) is 64.7 Å². The van der Waals surface area contributed by atoms with E-state index in [-0.39, 0.29) is 11.9 Å². The molecular formula is C17H30N2O5. The molecule has 2 heterocycles. The van der Waals surface area contributed by atoms with Crippen LogP contribution in [0.4, 0.5) is 0 Å². The Hall–Kier alpha value is -1.63. The van der Waals surface area contributed by atoms with Crippen LogP contribution in [-0.4, -0.2) is 58.1 Å². The number of aliphatic carboxylic acids is 2. The standard InChI is InChI=1S/C12H21NO3.C5H9NO2/c1-2-3-4-5-8-11(14)13-9-6-7-10(13)12(15)16;7-5(8)4-2-1-3-6-4/h10H,2-9H2,1H3,(H,15,16);4,6H,1-3H2,(H,7,8)/t10-;4-/m00/s1. The predicted octanol–water partition coefficient (Wildman–Crippen LogP) is 1.86. The quantitative estimate of drug-likeness (QED) is 0.610. The number of nitrogens with zero attached hydrogens (tertiary/aromatic N) is 1. The van der Waals surface area contributed by atoms with Crippen LogP contribution in [0.2, 0.25) is 0 Å². The molecule has 2 saturated heterocycles. The van der Waals surface area contributed by atoms with Crippen LogP contribution in [0.15, 0.2) is 0 Å². The van der Waals surface area contributed by atoms with Crippen molar-refractivity contribution in [3.63, 3.8) is 0 Å². The molecule has 138 valence electrons. The van der Waals surface area contributed by atoms with E-state index in [4.69, 9.17) is 10.2 Å². The molecule has 0 bridgehead atoms. The number of carbonyl (C=O) groups is 3. The smallest absolute Gasteiger partial charge is 0.326 e. The number of nitrogens with one attached hydrogen (secondary N) is 1. The highest BCUT2D eigenvalue weighted by molar-refractivity contribution is 5.84. The molecule has 0 aromatic carbocycles. The summed E-state index contributed by atoms with van der Waals surface area (Å²) in [6, 6.07) is -0.839. The lowest BCUT2D eigenvalue weighted by molar-refractivity contribution is -0.148. The lowest BCUT2D eigenvalue weighted by Crippen LogP contribution is -2.40. The fraction of sp³-hybridized carbons (Fsp3) is 0.824. The summed E-state index contributed by atoms with van der Waals surface area (Å²) >= 11 is 0. The third-order valence-corrected chi connectivity index (χ3v) is 4.46. The summed E-state index contributed by atoms with van der Waals surface area (Å²) in [7, 11) is 0. The predicted molar refractivity (Wildman–Crippen MR) is 89.8 cm³/mol. The molecule has 1 amide bonds. The van der Waals surface area contributed by atoms with Crippen molar-refractivity contribution in [2.24, 2.45) is 0 Å². The maximum Gasteiger partial charge on any atom is 0.326 e. The number of unbranched alkanes of at least 4 members (excludes halogenated alkanes) is 3. The first kappa shape index (κ1) is 20.4. The van der Waals surface area contributed by atoms with Crippen LogP contribution in [0.25, 0.3) is 0 Å². The minimum Gasteiger partial charge on any atom is -0.480 e. The van der Waals surface area contributed by atoms with Gasteiger partial charge in [-0.2, -0.15) is 0 Å². The second kappa shape index (κ2) is 11.0. The number of carbonyl (C=O) groups excluding carboxylic acids is 1. The van der Waals surface area contributed by atoms with Crippen LogP contribution in [0.5, 0.6) is 0 Å². The Morgan fingerprint density at radius 3 is 2.29 bits per heavy atom. The molecule has 0 aromatic rings. The zero-order chi connectivity index (χ0) is 17.9. The Bertz CT molecular complexity index is 421. The van der Waals surface area contributed by atoms with E-state index >= 15 is 0 Å². The summed E-state index contributed by atoms with van der Waals surface area (Å²) in [5.41, 5.74) is 0. The van der Waals surface area contributed by atoms with Gasteiger partial charge in [0.05, 0.1) is 0 Å². The Labute approximate surface area is 143 Å². The van der Waals surface area contributed by atoms with Gasteiger partial charge in [-0.1, -0.05) is 26.2 Å². The first-order chi connectivity index (χ1) is 11.5. The second-order valence-corrected chi connectivity index (χ2v) is 6.38. The van der Waals surface area contributed by atoms with E-state index in [0.717, 1.165) is 51.5 Å². The summed E-state index contributed by atoms with van der Waals surface area (Å²) in [6.07, 6.45) is 7.96. The van der Waals surface area contributed by atoms with E-state index in [2.05, 4.69) is 12.2 Å². The first-order valence-corrected chi connectivity index (χ1v) is 8.95. The van der Waals surface area contributed by atoms with Crippen LogP contribution < -0.4 is 5.32 Å². The molecule has 2 aliphatic heterocycles. The Morgan fingerprint density at radius 2 is 1.79 bits per heavy atom. The molecule has 24 heavy (non-hydrogen) atoms. The van der Waals surface area contributed by atoms with Crippen molar-refractivity contribution >= 4 is 17.8 Å². The van der Waals surface area contributed by atoms with E-state index in [1.165, 1.54) is 4.90 Å². The van der Waals surface area contributed by atoms with Crippen LogP contribution in [-0.2, 0) is 14.4 Å². The highest BCUT2D eigenvalue weighted by Gasteiger charge is 2.33. The third kappa shape index (κ3) is 6.86. The summed E-state index contributed by atoms with van der Waals surface area (Å²) in [4.78, 5) is 34.4. The molecule has 0 spiro atoms. The minimum absolute atomic E-state index is 0.0148. The van der Waals surface area contributed by atoms with Gasteiger partial charge in [-0.05, 0) is 38.6 Å². The van der Waals surface area contributed by atoms with E-state index < -0.39 is 18.0 Å². The summed E-state index contributed by atoms with van der Waals surface area (Å²) in [6.45, 7) is 3.60. The van der Waals surface area contributed by atoms with Gasteiger partial charge < -0.3 is 20.4 Å². The van der Waals surface area contributed by atoms with Gasteiger partial charge >= 0.3 is 11.9 Å². The third-order valence-electron chi connectivity index (χ3n) is 4.46. The van der Waals surface area contributed by atoms with Gasteiger partial charge in [-0.3, -0.25) is 9.59 Å². The number of hydrogen-bond donors (Lipinski definition) is 3. The zero-order valence-corrected chi connectivity index (χ0v) is 14.5. The van der Waals surface area contributed by atoms with E-state index in [0.29, 0.717) is 19.4 Å².